The molecule has 162 valence electrons. The molecule has 0 aliphatic heterocycles. The fraction of sp³-hybridized carbons (Fsp3) is 0.174. The molecule has 30 heavy (non-hydrogen) atoms. The van der Waals surface area contributed by atoms with Crippen LogP contribution >= 0.6 is 0 Å². The molecule has 3 rings (SSSR count). The highest BCUT2D eigenvalue weighted by Crippen LogP contribution is 2.03. The highest BCUT2D eigenvalue weighted by Gasteiger charge is 1.99. The molecule has 1 aromatic heterocycles. The maximum absolute atomic E-state index is 10.5. The van der Waals surface area contributed by atoms with Crippen molar-refractivity contribution in [2.75, 3.05) is 13.2 Å². The minimum Gasteiger partial charge on any atom is -0.508 e. The predicted molar refractivity (Wildman–Crippen MR) is 116 cm³/mol. The summed E-state index contributed by atoms with van der Waals surface area (Å²) in [5, 5.41) is 25.5. The highest BCUT2D eigenvalue weighted by molar-refractivity contribution is 5.86. The molecule has 0 amide bonds. The summed E-state index contributed by atoms with van der Waals surface area (Å²) in [6.07, 6.45) is 1.61. The fourth-order valence-electron chi connectivity index (χ4n) is 1.55. The smallest absolute Gasteiger partial charge is 0.333 e. The molecule has 7 heteroatoms. The lowest BCUT2D eigenvalue weighted by Crippen LogP contribution is -2.08. The molecule has 7 nitrogen and oxygen atoms in total. The monoisotopic (exact) mass is 415 g/mol. The molecule has 0 saturated carbocycles. The van der Waals surface area contributed by atoms with Gasteiger partial charge in [-0.15, -0.1) is 0 Å². The van der Waals surface area contributed by atoms with E-state index in [0.717, 1.165) is 5.76 Å². The topological polar surface area (TPSA) is 126 Å². The Bertz CT molecular complexity index is 752. The normalized spacial score (nSPS) is 8.77. The van der Waals surface area contributed by atoms with Gasteiger partial charge in [0.05, 0.1) is 19.4 Å². The van der Waals surface area contributed by atoms with Crippen molar-refractivity contribution < 1.29 is 29.3 Å². The van der Waals surface area contributed by atoms with Gasteiger partial charge in [0.1, 0.15) is 23.9 Å². The zero-order valence-electron chi connectivity index (χ0n) is 17.0. The summed E-state index contributed by atoms with van der Waals surface area (Å²) >= 11 is 0. The SMILES string of the molecule is C=C(C)C(=O)OCCO.NCc1ccco1.Oc1ccccc1.Oc1ccccc1. The predicted octanol–water partition coefficient (Wildman–Crippen LogP) is 3.62. The molecule has 0 atom stereocenters. The Morgan fingerprint density at radius 3 is 1.70 bits per heavy atom. The maximum atomic E-state index is 10.5. The van der Waals surface area contributed by atoms with Crippen molar-refractivity contribution in [3.8, 4) is 11.5 Å². The number of hydrogen-bond acceptors (Lipinski definition) is 7. The maximum Gasteiger partial charge on any atom is 0.333 e. The first-order valence-electron chi connectivity index (χ1n) is 9.04. The molecule has 0 fully saturated rings. The molecule has 1 heterocycles. The van der Waals surface area contributed by atoms with E-state index in [0.29, 0.717) is 23.6 Å². The number of aliphatic hydroxyl groups excluding tert-OH is 1. The second-order valence-electron chi connectivity index (χ2n) is 5.59. The van der Waals surface area contributed by atoms with Gasteiger partial charge >= 0.3 is 5.97 Å². The van der Waals surface area contributed by atoms with E-state index in [4.69, 9.17) is 25.5 Å². The molecule has 0 bridgehead atoms. The Balaban J connectivity index is 0.000000375. The number of furan rings is 1. The number of esters is 1. The van der Waals surface area contributed by atoms with E-state index in [1.807, 2.05) is 24.3 Å². The summed E-state index contributed by atoms with van der Waals surface area (Å²) in [4.78, 5) is 10.5. The van der Waals surface area contributed by atoms with Crippen LogP contribution in [0.2, 0.25) is 0 Å². The number of rotatable bonds is 4. The number of para-hydroxylation sites is 2. The molecule has 2 aromatic carbocycles. The zero-order chi connectivity index (χ0) is 22.6. The lowest BCUT2D eigenvalue weighted by Gasteiger charge is -1.99. The molecule has 3 aromatic rings. The van der Waals surface area contributed by atoms with E-state index in [2.05, 4.69) is 11.3 Å². The number of phenols is 2. The van der Waals surface area contributed by atoms with E-state index in [-0.39, 0.29) is 13.2 Å². The van der Waals surface area contributed by atoms with Crippen LogP contribution in [0.25, 0.3) is 0 Å². The average Bonchev–Trinajstić information content (AvgIpc) is 3.28. The Kier molecular flexibility index (Phi) is 15.5. The van der Waals surface area contributed by atoms with Crippen LogP contribution < -0.4 is 5.73 Å². The third-order valence-electron chi connectivity index (χ3n) is 2.97. The van der Waals surface area contributed by atoms with Crippen LogP contribution in [0.15, 0.2) is 95.6 Å². The molecule has 0 radical (unpaired) electrons. The second kappa shape index (κ2) is 17.5. The molecule has 5 N–H and O–H groups in total. The second-order valence-corrected chi connectivity index (χ2v) is 5.59. The first kappa shape index (κ1) is 26.5. The van der Waals surface area contributed by atoms with Gasteiger partial charge in [0, 0.05) is 5.57 Å². The largest absolute Gasteiger partial charge is 0.508 e. The average molecular weight is 415 g/mol. The summed E-state index contributed by atoms with van der Waals surface area (Å²) in [5.41, 5.74) is 5.55. The van der Waals surface area contributed by atoms with Crippen LogP contribution in [0.4, 0.5) is 0 Å². The van der Waals surface area contributed by atoms with Crippen molar-refractivity contribution in [2.45, 2.75) is 13.5 Å². The number of hydrogen-bond donors (Lipinski definition) is 4. The number of benzene rings is 2. The van der Waals surface area contributed by atoms with Gasteiger partial charge in [-0.3, -0.25) is 0 Å². The number of ether oxygens (including phenoxy) is 1. The molecule has 0 spiro atoms. The van der Waals surface area contributed by atoms with Gasteiger partial charge in [-0.1, -0.05) is 43.0 Å². The molecular formula is C23H29NO6. The zero-order valence-corrected chi connectivity index (χ0v) is 17.0. The Morgan fingerprint density at radius 2 is 1.47 bits per heavy atom. The van der Waals surface area contributed by atoms with Crippen molar-refractivity contribution in [3.05, 3.63) is 97.0 Å². The molecule has 0 aliphatic rings. The van der Waals surface area contributed by atoms with Crippen LogP contribution in [-0.4, -0.2) is 34.5 Å². The first-order valence-corrected chi connectivity index (χ1v) is 9.04. The van der Waals surface area contributed by atoms with E-state index in [9.17, 15) is 4.79 Å². The fourth-order valence-corrected chi connectivity index (χ4v) is 1.55. The van der Waals surface area contributed by atoms with Crippen molar-refractivity contribution in [1.82, 2.24) is 0 Å². The molecule has 0 aliphatic carbocycles. The van der Waals surface area contributed by atoms with Crippen LogP contribution in [0.1, 0.15) is 12.7 Å². The van der Waals surface area contributed by atoms with Crippen molar-refractivity contribution >= 4 is 5.97 Å². The van der Waals surface area contributed by atoms with Crippen LogP contribution in [0.3, 0.4) is 0 Å². The number of nitrogens with two attached hydrogens (primary N) is 1. The molecular weight excluding hydrogens is 386 g/mol. The van der Waals surface area contributed by atoms with Crippen molar-refractivity contribution in [2.24, 2.45) is 5.73 Å². The number of carbonyl (C=O) groups is 1. The standard InChI is InChI=1S/C6H10O3.2C6H6O.C5H7NO/c1-5(2)6(8)9-4-3-7;2*7-6-4-2-1-3-5-6;6-4-5-2-1-3-7-5/h7H,1,3-4H2,2H3;2*1-5,7H;1-3H,4,6H2. The minimum atomic E-state index is -0.455. The molecule has 0 saturated heterocycles. The Morgan fingerprint density at radius 1 is 0.967 bits per heavy atom. The summed E-state index contributed by atoms with van der Waals surface area (Å²) in [6.45, 7) is 5.31. The van der Waals surface area contributed by atoms with Gasteiger partial charge in [0.25, 0.3) is 0 Å². The summed E-state index contributed by atoms with van der Waals surface area (Å²) < 4.78 is 9.32. The van der Waals surface area contributed by atoms with Gasteiger partial charge in [-0.25, -0.2) is 4.79 Å². The van der Waals surface area contributed by atoms with Gasteiger partial charge in [0.15, 0.2) is 0 Å². The lowest BCUT2D eigenvalue weighted by atomic mass is 10.3. The van der Waals surface area contributed by atoms with Gasteiger partial charge in [-0.2, -0.15) is 0 Å². The van der Waals surface area contributed by atoms with E-state index in [1.165, 1.54) is 0 Å². The number of aliphatic hydroxyl groups is 1. The van der Waals surface area contributed by atoms with Gasteiger partial charge in [-0.05, 0) is 43.3 Å². The van der Waals surface area contributed by atoms with Crippen LogP contribution in [0, 0.1) is 0 Å². The number of phenolic OH excluding ortho intramolecular Hbond substituents is 2. The third-order valence-corrected chi connectivity index (χ3v) is 2.97. The number of aromatic hydroxyl groups is 2. The minimum absolute atomic E-state index is 0.0473. The van der Waals surface area contributed by atoms with E-state index >= 15 is 0 Å². The quantitative estimate of drug-likeness (QED) is 0.379. The van der Waals surface area contributed by atoms with Crippen molar-refractivity contribution in [1.29, 1.82) is 0 Å². The third kappa shape index (κ3) is 15.5. The Labute approximate surface area is 176 Å². The van der Waals surface area contributed by atoms with Crippen LogP contribution in [-0.2, 0) is 16.1 Å². The Hall–Kier alpha value is -3.55. The summed E-state index contributed by atoms with van der Waals surface area (Å²) in [5.74, 6) is 1.02. The van der Waals surface area contributed by atoms with E-state index in [1.54, 1.807) is 61.7 Å². The number of carbonyl (C=O) groups excluding carboxylic acids is 1. The summed E-state index contributed by atoms with van der Waals surface area (Å²) in [6, 6.07) is 21.1. The van der Waals surface area contributed by atoms with Gasteiger partial charge in [0.2, 0.25) is 0 Å². The van der Waals surface area contributed by atoms with E-state index < -0.39 is 5.97 Å². The molecule has 0 unspecified atom stereocenters. The first-order chi connectivity index (χ1) is 14.4. The van der Waals surface area contributed by atoms with Gasteiger partial charge < -0.3 is 30.2 Å². The lowest BCUT2D eigenvalue weighted by molar-refractivity contribution is -0.139. The van der Waals surface area contributed by atoms with Crippen LogP contribution in [0.5, 0.6) is 11.5 Å². The summed E-state index contributed by atoms with van der Waals surface area (Å²) in [7, 11) is 0. The highest BCUT2D eigenvalue weighted by atomic mass is 16.5. The van der Waals surface area contributed by atoms with Crippen molar-refractivity contribution in [3.63, 3.8) is 0 Å².